The summed E-state index contributed by atoms with van der Waals surface area (Å²) in [5, 5.41) is 18.4. The molecular weight excluding hydrogens is 412 g/mol. The molecule has 1 aliphatic carbocycles. The Kier molecular flexibility index (Phi) is 3.51. The molecular formula is C21H13BrOS2. The summed E-state index contributed by atoms with van der Waals surface area (Å²) < 4.78 is 0.938. The number of hydrogen-bond donors (Lipinski definition) is 1. The third kappa shape index (κ3) is 2.09. The van der Waals surface area contributed by atoms with Crippen LogP contribution in [-0.2, 0) is 5.60 Å². The van der Waals surface area contributed by atoms with Gasteiger partial charge in [-0.2, -0.15) is 11.3 Å². The lowest BCUT2D eigenvalue weighted by molar-refractivity contribution is 0.134. The molecule has 5 rings (SSSR count). The van der Waals surface area contributed by atoms with Crippen LogP contribution in [0.15, 0.2) is 75.2 Å². The minimum absolute atomic E-state index is 0.938. The van der Waals surface area contributed by atoms with Crippen LogP contribution >= 0.6 is 38.6 Å². The van der Waals surface area contributed by atoms with Crippen molar-refractivity contribution >= 4 is 38.6 Å². The number of thiophene rings is 2. The second-order valence-electron chi connectivity index (χ2n) is 6.09. The van der Waals surface area contributed by atoms with E-state index in [2.05, 4.69) is 56.3 Å². The highest BCUT2D eigenvalue weighted by atomic mass is 79.9. The predicted octanol–water partition coefficient (Wildman–Crippen LogP) is 6.50. The Balaban J connectivity index is 1.87. The van der Waals surface area contributed by atoms with Crippen molar-refractivity contribution in [3.05, 3.63) is 91.2 Å². The Labute approximate surface area is 162 Å². The SMILES string of the molecule is OC1(c2sccc2-c2ccsc2)c2ccccc2-c2cccc(Br)c21. The summed E-state index contributed by atoms with van der Waals surface area (Å²) >= 11 is 6.98. The van der Waals surface area contributed by atoms with Gasteiger partial charge in [0, 0.05) is 21.2 Å². The zero-order valence-electron chi connectivity index (χ0n) is 13.1. The van der Waals surface area contributed by atoms with E-state index >= 15 is 0 Å². The number of benzene rings is 2. The van der Waals surface area contributed by atoms with Crippen molar-refractivity contribution in [1.29, 1.82) is 0 Å². The molecule has 1 unspecified atom stereocenters. The number of rotatable bonds is 2. The highest BCUT2D eigenvalue weighted by Gasteiger charge is 2.46. The van der Waals surface area contributed by atoms with Gasteiger partial charge in [0.2, 0.25) is 0 Å². The molecule has 2 heterocycles. The van der Waals surface area contributed by atoms with Crippen LogP contribution in [0, 0.1) is 0 Å². The van der Waals surface area contributed by atoms with Crippen molar-refractivity contribution in [3.8, 4) is 22.3 Å². The summed E-state index contributed by atoms with van der Waals surface area (Å²) in [5.41, 5.74) is 5.21. The van der Waals surface area contributed by atoms with Crippen LogP contribution in [0.2, 0.25) is 0 Å². The molecule has 0 saturated carbocycles. The Morgan fingerprint density at radius 2 is 1.68 bits per heavy atom. The van der Waals surface area contributed by atoms with Gasteiger partial charge in [0.25, 0.3) is 0 Å². The van der Waals surface area contributed by atoms with Crippen molar-refractivity contribution in [2.75, 3.05) is 0 Å². The van der Waals surface area contributed by atoms with Crippen molar-refractivity contribution in [1.82, 2.24) is 0 Å². The molecule has 0 amide bonds. The van der Waals surface area contributed by atoms with Crippen LogP contribution < -0.4 is 0 Å². The Hall–Kier alpha value is -1.72. The number of hydrogen-bond acceptors (Lipinski definition) is 3. The highest BCUT2D eigenvalue weighted by molar-refractivity contribution is 9.10. The van der Waals surface area contributed by atoms with Crippen molar-refractivity contribution in [3.63, 3.8) is 0 Å². The van der Waals surface area contributed by atoms with Gasteiger partial charge in [0.05, 0.1) is 4.88 Å². The first-order valence-electron chi connectivity index (χ1n) is 7.93. The Morgan fingerprint density at radius 1 is 0.840 bits per heavy atom. The molecule has 0 spiro atoms. The predicted molar refractivity (Wildman–Crippen MR) is 109 cm³/mol. The lowest BCUT2D eigenvalue weighted by Crippen LogP contribution is -2.26. The molecule has 25 heavy (non-hydrogen) atoms. The molecule has 0 radical (unpaired) electrons. The first-order valence-corrected chi connectivity index (χ1v) is 10.5. The minimum atomic E-state index is -1.14. The van der Waals surface area contributed by atoms with Crippen LogP contribution in [0.5, 0.6) is 0 Å². The summed E-state index contributed by atoms with van der Waals surface area (Å²) in [4.78, 5) is 0.976. The summed E-state index contributed by atoms with van der Waals surface area (Å²) in [6.07, 6.45) is 0. The van der Waals surface area contributed by atoms with E-state index in [1.165, 1.54) is 0 Å². The molecule has 0 aliphatic heterocycles. The van der Waals surface area contributed by atoms with E-state index in [0.29, 0.717) is 0 Å². The molecule has 1 N–H and O–H groups in total. The first kappa shape index (κ1) is 15.5. The molecule has 1 aliphatic rings. The van der Waals surface area contributed by atoms with Gasteiger partial charge >= 0.3 is 0 Å². The second-order valence-corrected chi connectivity index (χ2v) is 8.64. The maximum atomic E-state index is 12.1. The summed E-state index contributed by atoms with van der Waals surface area (Å²) in [5.74, 6) is 0. The monoisotopic (exact) mass is 424 g/mol. The third-order valence-electron chi connectivity index (χ3n) is 4.81. The molecule has 0 bridgehead atoms. The van der Waals surface area contributed by atoms with Crippen LogP contribution in [0.3, 0.4) is 0 Å². The number of fused-ring (bicyclic) bond motifs is 3. The van der Waals surface area contributed by atoms with Crippen LogP contribution in [0.25, 0.3) is 22.3 Å². The minimum Gasteiger partial charge on any atom is -0.375 e. The van der Waals surface area contributed by atoms with E-state index in [4.69, 9.17) is 0 Å². The lowest BCUT2D eigenvalue weighted by Gasteiger charge is -2.27. The largest absolute Gasteiger partial charge is 0.375 e. The van der Waals surface area contributed by atoms with Crippen LogP contribution in [0.4, 0.5) is 0 Å². The number of halogens is 1. The van der Waals surface area contributed by atoms with Crippen molar-refractivity contribution < 1.29 is 5.11 Å². The topological polar surface area (TPSA) is 20.2 Å². The van der Waals surface area contributed by atoms with Crippen LogP contribution in [0.1, 0.15) is 16.0 Å². The average Bonchev–Trinajstić information content (AvgIpc) is 3.35. The quantitative estimate of drug-likeness (QED) is 0.389. The molecule has 122 valence electrons. The highest BCUT2D eigenvalue weighted by Crippen LogP contribution is 2.56. The fourth-order valence-corrected chi connectivity index (χ4v) is 6.10. The molecule has 4 aromatic rings. The second kappa shape index (κ2) is 5.64. The average molecular weight is 425 g/mol. The fraction of sp³-hybridized carbons (Fsp3) is 0.0476. The molecule has 1 atom stereocenters. The molecule has 0 saturated heterocycles. The van der Waals surface area contributed by atoms with E-state index in [1.54, 1.807) is 22.7 Å². The zero-order chi connectivity index (χ0) is 17.0. The smallest absolute Gasteiger partial charge is 0.152 e. The molecule has 2 aromatic carbocycles. The van der Waals surface area contributed by atoms with Gasteiger partial charge in [0.1, 0.15) is 0 Å². The fourth-order valence-electron chi connectivity index (χ4n) is 3.75. The van der Waals surface area contributed by atoms with Crippen molar-refractivity contribution in [2.45, 2.75) is 5.60 Å². The van der Waals surface area contributed by atoms with Gasteiger partial charge < -0.3 is 5.11 Å². The Bertz CT molecular complexity index is 1080. The normalized spacial score (nSPS) is 18.2. The van der Waals surface area contributed by atoms with Gasteiger partial charge in [-0.1, -0.05) is 52.3 Å². The van der Waals surface area contributed by atoms with Crippen LogP contribution in [-0.4, -0.2) is 5.11 Å². The standard InChI is InChI=1S/C21H13BrOS2/c22-18-7-3-5-16-15-4-1-2-6-17(15)21(23,19(16)18)20-14(9-11-25-20)13-8-10-24-12-13/h1-12,23H. The number of aliphatic hydroxyl groups is 1. The molecule has 1 nitrogen and oxygen atoms in total. The van der Waals surface area contributed by atoms with Crippen molar-refractivity contribution in [2.24, 2.45) is 0 Å². The first-order chi connectivity index (χ1) is 12.2. The van der Waals surface area contributed by atoms with Gasteiger partial charge in [-0.3, -0.25) is 0 Å². The molecule has 2 aromatic heterocycles. The summed E-state index contributed by atoms with van der Waals surface area (Å²) in [7, 11) is 0. The molecule has 4 heteroatoms. The lowest BCUT2D eigenvalue weighted by atomic mass is 9.87. The van der Waals surface area contributed by atoms with E-state index in [0.717, 1.165) is 42.7 Å². The van der Waals surface area contributed by atoms with Gasteiger partial charge in [-0.25, -0.2) is 0 Å². The summed E-state index contributed by atoms with van der Waals surface area (Å²) in [6.45, 7) is 0. The van der Waals surface area contributed by atoms with E-state index in [1.807, 2.05) is 30.3 Å². The maximum Gasteiger partial charge on any atom is 0.152 e. The van der Waals surface area contributed by atoms with Gasteiger partial charge in [0.15, 0.2) is 5.60 Å². The van der Waals surface area contributed by atoms with Gasteiger partial charge in [-0.15, -0.1) is 11.3 Å². The maximum absolute atomic E-state index is 12.1. The third-order valence-corrected chi connectivity index (χ3v) is 7.18. The van der Waals surface area contributed by atoms with E-state index < -0.39 is 5.60 Å². The van der Waals surface area contributed by atoms with E-state index in [9.17, 15) is 5.11 Å². The zero-order valence-corrected chi connectivity index (χ0v) is 16.3. The van der Waals surface area contributed by atoms with E-state index in [-0.39, 0.29) is 0 Å². The Morgan fingerprint density at radius 3 is 2.52 bits per heavy atom. The molecule has 0 fully saturated rings. The van der Waals surface area contributed by atoms with Gasteiger partial charge in [-0.05, 0) is 51.0 Å². The summed E-state index contributed by atoms with van der Waals surface area (Å²) in [6, 6.07) is 18.5.